The number of cyclic esters (lactones) is 1. The van der Waals surface area contributed by atoms with Crippen LogP contribution >= 0.6 is 23.5 Å². The molecule has 372 valence electrons. The molecule has 3 N–H and O–H groups in total. The van der Waals surface area contributed by atoms with Gasteiger partial charge in [0.05, 0.1) is 15.9 Å². The molecule has 0 spiro atoms. The maximum atomic E-state index is 14.8. The van der Waals surface area contributed by atoms with Gasteiger partial charge in [-0.1, -0.05) is 225 Å². The van der Waals surface area contributed by atoms with Crippen molar-refractivity contribution in [1.29, 1.82) is 0 Å². The Balaban J connectivity index is 1.04. The van der Waals surface area contributed by atoms with E-state index in [-0.39, 0.29) is 30.9 Å². The number of ether oxygens (including phenoxy) is 1. The highest BCUT2D eigenvalue weighted by atomic mass is 32.2. The van der Waals surface area contributed by atoms with E-state index in [1.165, 1.54) is 16.7 Å². The third-order valence-electron chi connectivity index (χ3n) is 13.1. The van der Waals surface area contributed by atoms with Crippen LogP contribution in [0.5, 0.6) is 0 Å². The molecule has 0 aliphatic carbocycles. The number of hydrogen-bond acceptors (Lipinski definition) is 7. The molecule has 10 heteroatoms. The van der Waals surface area contributed by atoms with Gasteiger partial charge in [0.2, 0.25) is 17.7 Å². The van der Waals surface area contributed by atoms with Crippen LogP contribution in [0.2, 0.25) is 0 Å². The van der Waals surface area contributed by atoms with Gasteiger partial charge in [-0.15, -0.1) is 23.5 Å². The topological polar surface area (TPSA) is 114 Å². The van der Waals surface area contributed by atoms with Crippen LogP contribution in [0.15, 0.2) is 224 Å². The minimum atomic E-state index is -1.05. The number of amides is 3. The lowest BCUT2D eigenvalue weighted by atomic mass is 9.84. The third kappa shape index (κ3) is 13.7. The van der Waals surface area contributed by atoms with Gasteiger partial charge in [-0.05, 0) is 70.0 Å². The summed E-state index contributed by atoms with van der Waals surface area (Å²) in [6.45, 7) is 0.361. The van der Waals surface area contributed by atoms with Crippen LogP contribution in [0.3, 0.4) is 0 Å². The molecule has 0 unspecified atom stereocenters. The molecule has 0 saturated carbocycles. The van der Waals surface area contributed by atoms with Gasteiger partial charge in [-0.3, -0.25) is 19.2 Å². The Bertz CT molecular complexity index is 2650. The van der Waals surface area contributed by atoms with Crippen molar-refractivity contribution in [2.45, 2.75) is 72.6 Å². The van der Waals surface area contributed by atoms with Crippen LogP contribution in [0.1, 0.15) is 77.5 Å². The van der Waals surface area contributed by atoms with Crippen molar-refractivity contribution in [1.82, 2.24) is 16.0 Å². The predicted octanol–water partition coefficient (Wildman–Crippen LogP) is 11.6. The molecule has 1 heterocycles. The van der Waals surface area contributed by atoms with Gasteiger partial charge in [0, 0.05) is 25.1 Å². The van der Waals surface area contributed by atoms with E-state index in [4.69, 9.17) is 4.74 Å². The fourth-order valence-corrected chi connectivity index (χ4v) is 12.5. The van der Waals surface area contributed by atoms with E-state index in [2.05, 4.69) is 125 Å². The highest BCUT2D eigenvalue weighted by Gasteiger charge is 2.40. The van der Waals surface area contributed by atoms with Gasteiger partial charge in [0.1, 0.15) is 18.2 Å². The molecule has 3 atom stereocenters. The molecule has 73 heavy (non-hydrogen) atoms. The summed E-state index contributed by atoms with van der Waals surface area (Å²) in [6.07, 6.45) is 5.56. The van der Waals surface area contributed by atoms with Crippen molar-refractivity contribution in [2.24, 2.45) is 0 Å². The van der Waals surface area contributed by atoms with Gasteiger partial charge in [0.15, 0.2) is 0 Å². The maximum Gasteiger partial charge on any atom is 0.306 e. The van der Waals surface area contributed by atoms with Crippen molar-refractivity contribution in [2.75, 3.05) is 18.1 Å². The molecule has 0 bridgehead atoms. The first-order chi connectivity index (χ1) is 35.8. The Morgan fingerprint density at radius 3 is 1.40 bits per heavy atom. The van der Waals surface area contributed by atoms with E-state index in [1.807, 2.05) is 127 Å². The lowest BCUT2D eigenvalue weighted by Crippen LogP contribution is -2.55. The molecule has 3 amide bonds. The Morgan fingerprint density at radius 2 is 0.932 bits per heavy atom. The van der Waals surface area contributed by atoms with Crippen molar-refractivity contribution in [3.05, 3.63) is 263 Å². The average molecular weight is 1010 g/mol. The zero-order chi connectivity index (χ0) is 50.6. The Labute approximate surface area is 438 Å². The zero-order valence-corrected chi connectivity index (χ0v) is 42.7. The van der Waals surface area contributed by atoms with Crippen LogP contribution in [-0.2, 0) is 39.8 Å². The summed E-state index contributed by atoms with van der Waals surface area (Å²) in [7, 11) is 0. The first-order valence-corrected chi connectivity index (χ1v) is 27.2. The number of carbonyl (C=O) groups is 4. The van der Waals surface area contributed by atoms with Gasteiger partial charge in [0.25, 0.3) is 0 Å². The van der Waals surface area contributed by atoms with Gasteiger partial charge in [-0.25, -0.2) is 0 Å². The molecule has 1 aliphatic heterocycles. The second-order valence-electron chi connectivity index (χ2n) is 18.1. The summed E-state index contributed by atoms with van der Waals surface area (Å²) in [4.78, 5) is 56.8. The van der Waals surface area contributed by atoms with E-state index in [1.54, 1.807) is 11.8 Å². The average Bonchev–Trinajstić information content (AvgIpc) is 3.44. The van der Waals surface area contributed by atoms with Crippen molar-refractivity contribution >= 4 is 47.2 Å². The van der Waals surface area contributed by atoms with Crippen LogP contribution in [-0.4, -0.2) is 59.9 Å². The number of hydrogen-bond donors (Lipinski definition) is 3. The third-order valence-corrected chi connectivity index (χ3v) is 16.3. The van der Waals surface area contributed by atoms with Gasteiger partial charge < -0.3 is 20.7 Å². The van der Waals surface area contributed by atoms with Crippen LogP contribution < -0.4 is 16.0 Å². The zero-order valence-electron chi connectivity index (χ0n) is 41.0. The Hall–Kier alpha value is -7.14. The fraction of sp³-hybridized carbons (Fsp3) is 0.238. The smallest absolute Gasteiger partial charge is 0.306 e. The summed E-state index contributed by atoms with van der Waals surface area (Å²) in [6, 6.07) is 69.7. The molecule has 1 fully saturated rings. The second-order valence-corrected chi connectivity index (χ2v) is 20.7. The first-order valence-electron chi connectivity index (χ1n) is 25.2. The van der Waals surface area contributed by atoms with Gasteiger partial charge >= 0.3 is 5.97 Å². The molecule has 8 nitrogen and oxygen atoms in total. The second kappa shape index (κ2) is 26.5. The van der Waals surface area contributed by atoms with Gasteiger partial charge in [-0.2, -0.15) is 0 Å². The molecule has 1 saturated heterocycles. The normalized spacial score (nSPS) is 17.7. The number of rotatable bonds is 16. The molecule has 0 radical (unpaired) electrons. The summed E-state index contributed by atoms with van der Waals surface area (Å²) in [5.41, 5.74) is 7.42. The Morgan fingerprint density at radius 1 is 0.493 bits per heavy atom. The molecule has 8 rings (SSSR count). The fourth-order valence-electron chi connectivity index (χ4n) is 9.51. The maximum absolute atomic E-state index is 14.8. The molecule has 0 aromatic heterocycles. The van der Waals surface area contributed by atoms with E-state index < -0.39 is 45.5 Å². The lowest BCUT2D eigenvalue weighted by molar-refractivity contribution is -0.148. The lowest BCUT2D eigenvalue weighted by Gasteiger charge is -2.36. The summed E-state index contributed by atoms with van der Waals surface area (Å²) in [5, 5.41) is 9.18. The number of allylic oxidation sites excluding steroid dienone is 1. The highest BCUT2D eigenvalue weighted by molar-refractivity contribution is 8.00. The highest BCUT2D eigenvalue weighted by Crippen LogP contribution is 2.50. The van der Waals surface area contributed by atoms with Crippen LogP contribution in [0.25, 0.3) is 0 Å². The monoisotopic (exact) mass is 1010 g/mol. The first kappa shape index (κ1) is 52.2. The molecular formula is C63H63N3O5S2. The minimum absolute atomic E-state index is 0.167. The number of esters is 1. The summed E-state index contributed by atoms with van der Waals surface area (Å²) < 4.78 is 4.78. The molecular weight excluding hydrogens is 943 g/mol. The van der Waals surface area contributed by atoms with Crippen molar-refractivity contribution in [3.8, 4) is 0 Å². The Kier molecular flexibility index (Phi) is 19.0. The number of benzene rings is 7. The number of thioether (sulfide) groups is 2. The van der Waals surface area contributed by atoms with Crippen molar-refractivity contribution in [3.63, 3.8) is 0 Å². The standard InChI is InChI=1S/C63H63N3O5S2/c67-58-46-55(41-24-26-44-72-62(49-29-11-2-12-30-49,50-31-13-3-14-32-50)51-33-15-4-16-34-51)71-59(68)42-23-8-25-43-64-60(69)57(66-61(70)56(65-58)45-48-27-9-1-10-28-48)47-73-63(52-35-17-5-18-36-52,53-37-19-6-20-38-53)54-39-21-7-22-40-54/h1-7,9-22,24,27-41,55-57H,8,23,25-26,42-47H2,(H,64,69)(H,65,67)(H,66,70)/b41-24+/t55-,56-,57-/m1/s1. The number of carbonyl (C=O) groups excluding carboxylic acids is 4. The number of nitrogens with one attached hydrogen (secondary N) is 3. The van der Waals surface area contributed by atoms with E-state index >= 15 is 0 Å². The van der Waals surface area contributed by atoms with E-state index in [0.717, 1.165) is 28.0 Å². The van der Waals surface area contributed by atoms with Crippen LogP contribution in [0.4, 0.5) is 0 Å². The molecule has 7 aromatic carbocycles. The quantitative estimate of drug-likeness (QED) is 0.0382. The van der Waals surface area contributed by atoms with Crippen molar-refractivity contribution < 1.29 is 23.9 Å². The summed E-state index contributed by atoms with van der Waals surface area (Å²) in [5.74, 6) is -0.757. The predicted molar refractivity (Wildman–Crippen MR) is 297 cm³/mol. The molecule has 7 aromatic rings. The largest absolute Gasteiger partial charge is 0.458 e. The van der Waals surface area contributed by atoms with E-state index in [9.17, 15) is 19.2 Å². The molecule has 1 aliphatic rings. The SMILES string of the molecule is O=C1C[C@@H](/C=C/CCSC(c2ccccc2)(c2ccccc2)c2ccccc2)OC(=O)CCCCCNC(=O)[C@@H](CSC(c2ccccc2)(c2ccccc2)c2ccccc2)NC(=O)[C@@H](Cc2ccccc2)N1. The van der Waals surface area contributed by atoms with E-state index in [0.29, 0.717) is 32.2 Å². The summed E-state index contributed by atoms with van der Waals surface area (Å²) >= 11 is 3.42. The minimum Gasteiger partial charge on any atom is -0.458 e. The van der Waals surface area contributed by atoms with Crippen LogP contribution in [0, 0.1) is 0 Å².